The fourth-order valence-electron chi connectivity index (χ4n) is 4.60. The summed E-state index contributed by atoms with van der Waals surface area (Å²) in [6, 6.07) is 8.97. The van der Waals surface area contributed by atoms with Gasteiger partial charge in [-0.05, 0) is 69.7 Å². The SMILES string of the molecule is C=C/C(=C\CC1=C(C)C2(OC(=O)c3ccc(C(=O)O)cc32)c2ccc(OC(=O)C(C)(C)CC)cc2O1)OC(=O)C(C)C. The lowest BCUT2D eigenvalue weighted by molar-refractivity contribution is -0.144. The van der Waals surface area contributed by atoms with E-state index in [4.69, 9.17) is 18.9 Å². The number of esters is 3. The van der Waals surface area contributed by atoms with Gasteiger partial charge in [0.05, 0.1) is 22.5 Å². The normalized spacial score (nSPS) is 17.8. The van der Waals surface area contributed by atoms with Crippen molar-refractivity contribution in [3.8, 4) is 11.5 Å². The van der Waals surface area contributed by atoms with E-state index in [0.717, 1.165) is 0 Å². The van der Waals surface area contributed by atoms with E-state index in [-0.39, 0.29) is 40.7 Å². The Labute approximate surface area is 244 Å². The van der Waals surface area contributed by atoms with E-state index in [1.54, 1.807) is 52.8 Å². The molecule has 0 radical (unpaired) electrons. The van der Waals surface area contributed by atoms with Gasteiger partial charge in [0, 0.05) is 29.2 Å². The van der Waals surface area contributed by atoms with Crippen LogP contribution in [0.4, 0.5) is 0 Å². The fourth-order valence-corrected chi connectivity index (χ4v) is 4.60. The third-order valence-corrected chi connectivity index (χ3v) is 7.65. The largest absolute Gasteiger partial charge is 0.478 e. The third-order valence-electron chi connectivity index (χ3n) is 7.65. The molecule has 0 aliphatic carbocycles. The van der Waals surface area contributed by atoms with Crippen LogP contribution in [0, 0.1) is 11.3 Å². The van der Waals surface area contributed by atoms with Crippen molar-refractivity contribution in [2.75, 3.05) is 0 Å². The van der Waals surface area contributed by atoms with Crippen molar-refractivity contribution in [2.24, 2.45) is 11.3 Å². The van der Waals surface area contributed by atoms with Gasteiger partial charge < -0.3 is 24.1 Å². The number of carbonyl (C=O) groups excluding carboxylic acids is 3. The summed E-state index contributed by atoms with van der Waals surface area (Å²) in [5, 5.41) is 9.70. The average molecular weight is 575 g/mol. The summed E-state index contributed by atoms with van der Waals surface area (Å²) >= 11 is 0. The highest BCUT2D eigenvalue weighted by molar-refractivity contribution is 5.99. The van der Waals surface area contributed by atoms with Gasteiger partial charge in [0.1, 0.15) is 23.0 Å². The van der Waals surface area contributed by atoms with E-state index in [2.05, 4.69) is 6.58 Å². The first-order valence-electron chi connectivity index (χ1n) is 13.7. The molecular weight excluding hydrogens is 540 g/mol. The highest BCUT2D eigenvalue weighted by Crippen LogP contribution is 2.54. The number of ether oxygens (including phenoxy) is 4. The quantitative estimate of drug-likeness (QED) is 0.155. The fraction of sp³-hybridized carbons (Fsp3) is 0.333. The molecule has 2 aromatic rings. The summed E-state index contributed by atoms with van der Waals surface area (Å²) < 4.78 is 23.5. The molecule has 2 aliphatic heterocycles. The predicted octanol–water partition coefficient (Wildman–Crippen LogP) is 6.47. The molecule has 0 fully saturated rings. The number of fused-ring (bicyclic) bond motifs is 4. The second-order valence-electron chi connectivity index (χ2n) is 11.2. The monoisotopic (exact) mass is 574 g/mol. The highest BCUT2D eigenvalue weighted by Gasteiger charge is 2.53. The number of hydrogen-bond acceptors (Lipinski definition) is 8. The Morgan fingerprint density at radius 1 is 1.12 bits per heavy atom. The van der Waals surface area contributed by atoms with Gasteiger partial charge in [0.2, 0.25) is 0 Å². The molecule has 2 heterocycles. The maximum absolute atomic E-state index is 13.2. The second-order valence-corrected chi connectivity index (χ2v) is 11.2. The van der Waals surface area contributed by atoms with Crippen LogP contribution in [0.2, 0.25) is 0 Å². The number of carboxylic acids is 1. The van der Waals surface area contributed by atoms with Crippen LogP contribution in [-0.4, -0.2) is 29.0 Å². The molecule has 42 heavy (non-hydrogen) atoms. The first-order valence-corrected chi connectivity index (χ1v) is 13.7. The van der Waals surface area contributed by atoms with Gasteiger partial charge in [-0.25, -0.2) is 9.59 Å². The van der Waals surface area contributed by atoms with E-state index in [0.29, 0.717) is 28.9 Å². The number of carbonyl (C=O) groups is 4. The molecule has 2 aliphatic rings. The molecule has 2 aromatic carbocycles. The van der Waals surface area contributed by atoms with Crippen molar-refractivity contribution in [2.45, 2.75) is 60.0 Å². The van der Waals surface area contributed by atoms with Gasteiger partial charge in [-0.1, -0.05) is 27.4 Å². The van der Waals surface area contributed by atoms with E-state index in [9.17, 15) is 24.3 Å². The molecule has 1 atom stereocenters. The molecule has 9 heteroatoms. The summed E-state index contributed by atoms with van der Waals surface area (Å²) in [6.07, 6.45) is 3.70. The Balaban J connectivity index is 1.87. The Morgan fingerprint density at radius 3 is 2.45 bits per heavy atom. The Bertz CT molecular complexity index is 1560. The minimum Gasteiger partial charge on any atom is -0.478 e. The lowest BCUT2D eigenvalue weighted by Gasteiger charge is -2.37. The van der Waals surface area contributed by atoms with E-state index in [1.165, 1.54) is 30.3 Å². The smallest absolute Gasteiger partial charge is 0.340 e. The van der Waals surface area contributed by atoms with E-state index >= 15 is 0 Å². The topological polar surface area (TPSA) is 125 Å². The highest BCUT2D eigenvalue weighted by atomic mass is 16.6. The Kier molecular flexibility index (Phi) is 8.16. The zero-order valence-corrected chi connectivity index (χ0v) is 24.5. The average Bonchev–Trinajstić information content (AvgIpc) is 3.25. The third kappa shape index (κ3) is 5.34. The molecule has 0 aromatic heterocycles. The zero-order chi connectivity index (χ0) is 31.0. The van der Waals surface area contributed by atoms with Gasteiger partial charge in [0.15, 0.2) is 5.60 Å². The number of allylic oxidation sites excluding steroid dienone is 2. The van der Waals surface area contributed by atoms with Crippen molar-refractivity contribution in [1.29, 1.82) is 0 Å². The molecular formula is C33H34O9. The van der Waals surface area contributed by atoms with Gasteiger partial charge >= 0.3 is 23.9 Å². The van der Waals surface area contributed by atoms with Crippen LogP contribution in [0.5, 0.6) is 11.5 Å². The van der Waals surface area contributed by atoms with Crippen molar-refractivity contribution < 1.29 is 43.2 Å². The number of rotatable bonds is 9. The zero-order valence-electron chi connectivity index (χ0n) is 24.5. The van der Waals surface area contributed by atoms with E-state index in [1.807, 2.05) is 6.92 Å². The van der Waals surface area contributed by atoms with Crippen molar-refractivity contribution in [3.63, 3.8) is 0 Å². The lowest BCUT2D eigenvalue weighted by Crippen LogP contribution is -2.35. The molecule has 220 valence electrons. The minimum atomic E-state index is -1.51. The molecule has 0 saturated heterocycles. The van der Waals surface area contributed by atoms with Crippen LogP contribution in [0.25, 0.3) is 0 Å². The Morgan fingerprint density at radius 2 is 1.83 bits per heavy atom. The van der Waals surface area contributed by atoms with Crippen LogP contribution in [0.15, 0.2) is 72.2 Å². The number of hydrogen-bond donors (Lipinski definition) is 1. The van der Waals surface area contributed by atoms with Crippen molar-refractivity contribution in [1.82, 2.24) is 0 Å². The predicted molar refractivity (Wildman–Crippen MR) is 153 cm³/mol. The van der Waals surface area contributed by atoms with Crippen LogP contribution in [0.1, 0.15) is 86.2 Å². The summed E-state index contributed by atoms with van der Waals surface area (Å²) in [7, 11) is 0. The molecule has 1 spiro atoms. The van der Waals surface area contributed by atoms with E-state index < -0.39 is 34.9 Å². The summed E-state index contributed by atoms with van der Waals surface area (Å²) in [5.41, 5.74) is -0.739. The Hall–Kier alpha value is -4.66. The van der Waals surface area contributed by atoms with Crippen LogP contribution < -0.4 is 9.47 Å². The van der Waals surface area contributed by atoms with Crippen LogP contribution in [0.3, 0.4) is 0 Å². The number of carboxylic acid groups (broad SMARTS) is 1. The first-order chi connectivity index (χ1) is 19.7. The molecule has 0 bridgehead atoms. The molecule has 1 N–H and O–H groups in total. The van der Waals surface area contributed by atoms with Gasteiger partial charge in [0.25, 0.3) is 0 Å². The van der Waals surface area contributed by atoms with Gasteiger partial charge in [-0.15, -0.1) is 0 Å². The first kappa shape index (κ1) is 30.3. The lowest BCUT2D eigenvalue weighted by atomic mass is 9.77. The molecule has 9 nitrogen and oxygen atoms in total. The standard InChI is InChI=1S/C33H34O9/c1-8-21(39-29(36)18(3)4)12-15-26-19(5)33(25-16-20(28(34)35)10-13-23(25)30(37)42-33)24-14-11-22(17-27(24)41-26)40-31(38)32(6,7)9-2/h8,10-14,16-18H,1,9,15H2,2-7H3,(H,34,35)/b21-12+. The van der Waals surface area contributed by atoms with Crippen molar-refractivity contribution >= 4 is 23.9 Å². The number of benzene rings is 2. The van der Waals surface area contributed by atoms with Crippen molar-refractivity contribution in [3.05, 3.63) is 94.5 Å². The summed E-state index contributed by atoms with van der Waals surface area (Å²) in [6.45, 7) is 14.3. The van der Waals surface area contributed by atoms with Crippen LogP contribution >= 0.6 is 0 Å². The maximum atomic E-state index is 13.2. The maximum Gasteiger partial charge on any atom is 0.340 e. The molecule has 1 unspecified atom stereocenters. The molecule has 4 rings (SSSR count). The number of aromatic carboxylic acids is 1. The van der Waals surface area contributed by atoms with Crippen LogP contribution in [-0.2, 0) is 24.7 Å². The minimum absolute atomic E-state index is 0.0180. The summed E-state index contributed by atoms with van der Waals surface area (Å²) in [4.78, 5) is 50.0. The summed E-state index contributed by atoms with van der Waals surface area (Å²) in [5.74, 6) is -1.92. The van der Waals surface area contributed by atoms with Gasteiger partial charge in [-0.2, -0.15) is 0 Å². The molecule has 0 saturated carbocycles. The molecule has 0 amide bonds. The second kappa shape index (κ2) is 11.3. The van der Waals surface area contributed by atoms with Gasteiger partial charge in [-0.3, -0.25) is 9.59 Å².